The number of thiophene rings is 1. The van der Waals surface area contributed by atoms with Gasteiger partial charge < -0.3 is 14.4 Å². The molecule has 0 saturated carbocycles. The monoisotopic (exact) mass is 379 g/mol. The third-order valence-electron chi connectivity index (χ3n) is 3.13. The van der Waals surface area contributed by atoms with Crippen LogP contribution in [-0.4, -0.2) is 16.1 Å². The fourth-order valence-electron chi connectivity index (χ4n) is 2.03. The number of nitrogens with zero attached hydrogens (tertiary/aromatic N) is 2. The highest BCUT2D eigenvalue weighted by atomic mass is 35.5. The third kappa shape index (κ3) is 3.67. The summed E-state index contributed by atoms with van der Waals surface area (Å²) < 4.78 is 5.20. The molecule has 0 saturated heterocycles. The first kappa shape index (κ1) is 16.7. The molecular weight excluding hydrogens is 371 g/mol. The molecule has 0 amide bonds. The van der Waals surface area contributed by atoms with Gasteiger partial charge in [-0.05, 0) is 29.7 Å². The van der Waals surface area contributed by atoms with E-state index in [1.165, 1.54) is 17.4 Å². The van der Waals surface area contributed by atoms with Crippen LogP contribution in [0.1, 0.15) is 17.9 Å². The van der Waals surface area contributed by atoms with Crippen molar-refractivity contribution in [2.45, 2.75) is 6.42 Å². The Morgan fingerprint density at radius 3 is 2.67 bits per heavy atom. The summed E-state index contributed by atoms with van der Waals surface area (Å²) in [5.41, 5.74) is 1.53. The molecule has 1 aromatic carbocycles. The Kier molecular flexibility index (Phi) is 4.99. The second kappa shape index (κ2) is 7.17. The highest BCUT2D eigenvalue weighted by Crippen LogP contribution is 2.30. The number of carbonyl (C=O) groups excluding carboxylic acids is 1. The second-order valence-electron chi connectivity index (χ2n) is 4.79. The molecule has 8 heteroatoms. The van der Waals surface area contributed by atoms with Gasteiger partial charge in [-0.2, -0.15) is 16.3 Å². The smallest absolute Gasteiger partial charge is 0.254 e. The largest absolute Gasteiger partial charge is 0.550 e. The molecule has 24 heavy (non-hydrogen) atoms. The molecule has 0 radical (unpaired) electrons. The number of halogens is 2. The van der Waals surface area contributed by atoms with Crippen molar-refractivity contribution >= 4 is 52.2 Å². The summed E-state index contributed by atoms with van der Waals surface area (Å²) in [6.07, 6.45) is 1.11. The first-order chi connectivity index (χ1) is 11.5. The van der Waals surface area contributed by atoms with Crippen molar-refractivity contribution in [2.75, 3.05) is 0 Å². The molecule has 0 fully saturated rings. The zero-order valence-electron chi connectivity index (χ0n) is 12.0. The fraction of sp³-hybridized carbons (Fsp3) is 0.0625. The molecule has 0 atom stereocenters. The summed E-state index contributed by atoms with van der Waals surface area (Å²) in [5, 5.41) is 19.5. The van der Waals surface area contributed by atoms with Crippen molar-refractivity contribution in [2.24, 2.45) is 0 Å². The van der Waals surface area contributed by atoms with Gasteiger partial charge in [-0.3, -0.25) is 0 Å². The van der Waals surface area contributed by atoms with Gasteiger partial charge in [-0.15, -0.1) is 0 Å². The van der Waals surface area contributed by atoms with Crippen LogP contribution in [0.25, 0.3) is 23.0 Å². The lowest BCUT2D eigenvalue weighted by Gasteiger charge is -2.06. The Balaban J connectivity index is 2.04. The van der Waals surface area contributed by atoms with Crippen LogP contribution in [0.3, 0.4) is 0 Å². The fourth-order valence-corrected chi connectivity index (χ4v) is 3.17. The number of carbonyl (C=O) groups is 1. The van der Waals surface area contributed by atoms with E-state index in [4.69, 9.17) is 27.7 Å². The lowest BCUT2D eigenvalue weighted by Crippen LogP contribution is -2.22. The molecule has 3 aromatic rings. The number of rotatable bonds is 5. The maximum atomic E-state index is 11.1. The molecule has 2 aromatic heterocycles. The number of carboxylic acid groups (broad SMARTS) is 1. The van der Waals surface area contributed by atoms with Crippen molar-refractivity contribution in [3.63, 3.8) is 0 Å². The van der Waals surface area contributed by atoms with Crippen molar-refractivity contribution in [3.8, 4) is 11.4 Å². The minimum Gasteiger partial charge on any atom is -0.550 e. The van der Waals surface area contributed by atoms with E-state index < -0.39 is 12.4 Å². The van der Waals surface area contributed by atoms with Crippen molar-refractivity contribution in [3.05, 3.63) is 56.5 Å². The van der Waals surface area contributed by atoms with Gasteiger partial charge in [0.15, 0.2) is 0 Å². The van der Waals surface area contributed by atoms with E-state index in [0.717, 1.165) is 5.56 Å². The van der Waals surface area contributed by atoms with Crippen LogP contribution in [-0.2, 0) is 4.79 Å². The van der Waals surface area contributed by atoms with Crippen molar-refractivity contribution < 1.29 is 14.4 Å². The summed E-state index contributed by atoms with van der Waals surface area (Å²) in [6, 6.07) is 6.84. The van der Waals surface area contributed by atoms with E-state index in [0.29, 0.717) is 21.4 Å². The highest BCUT2D eigenvalue weighted by molar-refractivity contribution is 7.08. The van der Waals surface area contributed by atoms with Gasteiger partial charge in [0.1, 0.15) is 0 Å². The van der Waals surface area contributed by atoms with E-state index in [9.17, 15) is 9.90 Å². The van der Waals surface area contributed by atoms with E-state index >= 15 is 0 Å². The zero-order valence-corrected chi connectivity index (χ0v) is 14.4. The van der Waals surface area contributed by atoms with Gasteiger partial charge >= 0.3 is 0 Å². The van der Waals surface area contributed by atoms with Crippen LogP contribution in [0.15, 0.2) is 39.5 Å². The van der Waals surface area contributed by atoms with Gasteiger partial charge in [-0.25, -0.2) is 0 Å². The summed E-state index contributed by atoms with van der Waals surface area (Å²) >= 11 is 13.7. The molecular formula is C16H9Cl2N2O3S-. The lowest BCUT2D eigenvalue weighted by atomic mass is 10.1. The van der Waals surface area contributed by atoms with E-state index in [1.807, 2.05) is 16.8 Å². The Hall–Kier alpha value is -2.15. The predicted octanol–water partition coefficient (Wildman–Crippen LogP) is 3.79. The first-order valence-electron chi connectivity index (χ1n) is 6.75. The quantitative estimate of drug-likeness (QED) is 0.673. The molecule has 2 heterocycles. The molecule has 0 spiro atoms. The topological polar surface area (TPSA) is 79.0 Å². The number of hydrogen-bond acceptors (Lipinski definition) is 6. The van der Waals surface area contributed by atoms with Gasteiger partial charge in [-0.1, -0.05) is 34.4 Å². The number of benzene rings is 1. The van der Waals surface area contributed by atoms with Crippen LogP contribution in [0.4, 0.5) is 0 Å². The van der Waals surface area contributed by atoms with Crippen LogP contribution in [0.5, 0.6) is 0 Å². The first-order valence-corrected chi connectivity index (χ1v) is 8.45. The lowest BCUT2D eigenvalue weighted by molar-refractivity contribution is -0.304. The maximum absolute atomic E-state index is 11.1. The van der Waals surface area contributed by atoms with Gasteiger partial charge in [0.2, 0.25) is 5.82 Å². The standard InChI is InChI=1S/C16H10Cl2N2O3S/c17-12-2-1-3-13(18)11(12)6-10(7-14(21)22)16-19-15(20-23-16)9-4-5-24-8-9/h1-6,8H,7H2,(H,21,22)/p-1/b10-6+. The maximum Gasteiger partial charge on any atom is 0.254 e. The Morgan fingerprint density at radius 2 is 2.04 bits per heavy atom. The summed E-state index contributed by atoms with van der Waals surface area (Å²) in [5.74, 6) is -0.822. The average Bonchev–Trinajstić information content (AvgIpc) is 3.19. The van der Waals surface area contributed by atoms with Gasteiger partial charge in [0.25, 0.3) is 5.89 Å². The number of carboxylic acids is 1. The van der Waals surface area contributed by atoms with E-state index in [-0.39, 0.29) is 11.5 Å². The summed E-state index contributed by atoms with van der Waals surface area (Å²) in [7, 11) is 0. The van der Waals surface area contributed by atoms with Gasteiger partial charge in [0.05, 0.1) is 0 Å². The number of aliphatic carboxylic acids is 1. The Morgan fingerprint density at radius 1 is 1.29 bits per heavy atom. The van der Waals surface area contributed by atoms with Crippen molar-refractivity contribution in [1.29, 1.82) is 0 Å². The van der Waals surface area contributed by atoms with Crippen LogP contribution in [0.2, 0.25) is 10.0 Å². The minimum atomic E-state index is -1.28. The third-order valence-corrected chi connectivity index (χ3v) is 4.48. The zero-order chi connectivity index (χ0) is 17.1. The predicted molar refractivity (Wildman–Crippen MR) is 91.6 cm³/mol. The summed E-state index contributed by atoms with van der Waals surface area (Å²) in [6.45, 7) is 0. The molecule has 0 bridgehead atoms. The van der Waals surface area contributed by atoms with Crippen LogP contribution >= 0.6 is 34.5 Å². The van der Waals surface area contributed by atoms with E-state index in [1.54, 1.807) is 18.2 Å². The number of aromatic nitrogens is 2. The molecule has 5 nitrogen and oxygen atoms in total. The van der Waals surface area contributed by atoms with Crippen LogP contribution < -0.4 is 5.11 Å². The minimum absolute atomic E-state index is 0.0800. The molecule has 3 rings (SSSR count). The molecule has 0 aliphatic heterocycles. The molecule has 122 valence electrons. The van der Waals surface area contributed by atoms with Gasteiger partial charge in [0, 0.05) is 44.5 Å². The second-order valence-corrected chi connectivity index (χ2v) is 6.38. The molecule has 0 aliphatic rings. The highest BCUT2D eigenvalue weighted by Gasteiger charge is 2.15. The average molecular weight is 380 g/mol. The number of hydrogen-bond donors (Lipinski definition) is 0. The summed E-state index contributed by atoms with van der Waals surface area (Å²) in [4.78, 5) is 15.3. The van der Waals surface area contributed by atoms with Crippen molar-refractivity contribution in [1.82, 2.24) is 10.1 Å². The molecule has 0 N–H and O–H groups in total. The Labute approximate surface area is 151 Å². The van der Waals surface area contributed by atoms with E-state index in [2.05, 4.69) is 10.1 Å². The normalized spacial score (nSPS) is 11.7. The SMILES string of the molecule is O=C([O-])C/C(=C\c1c(Cl)cccc1Cl)c1nc(-c2ccsc2)no1. The van der Waals surface area contributed by atoms with Crippen LogP contribution in [0, 0.1) is 0 Å². The Bertz CT molecular complexity index is 884. The molecule has 0 aliphatic carbocycles. The molecule has 0 unspecified atom stereocenters.